The van der Waals surface area contributed by atoms with Crippen LogP contribution in [-0.2, 0) is 14.8 Å². The number of carbonyl (C=O) groups excluding carboxylic acids is 2. The summed E-state index contributed by atoms with van der Waals surface area (Å²) in [5, 5.41) is 2.76. The Labute approximate surface area is 168 Å². The van der Waals surface area contributed by atoms with E-state index in [1.54, 1.807) is 36.4 Å². The van der Waals surface area contributed by atoms with Crippen molar-refractivity contribution in [2.75, 3.05) is 18.1 Å². The molecule has 7 nitrogen and oxygen atoms in total. The third kappa shape index (κ3) is 3.88. The van der Waals surface area contributed by atoms with Crippen molar-refractivity contribution in [3.63, 3.8) is 0 Å². The minimum atomic E-state index is -3.42. The van der Waals surface area contributed by atoms with Crippen molar-refractivity contribution in [1.82, 2.24) is 9.62 Å². The highest BCUT2D eigenvalue weighted by Crippen LogP contribution is 2.32. The lowest BCUT2D eigenvalue weighted by molar-refractivity contribution is -0.121. The SMILES string of the molecule is CS(=O)(=O)N[C@H]1CCN2C(=O)c3cc(-c4ccccc4F)ccc3NC(=O)[C@@H]2C1. The second-order valence-electron chi connectivity index (χ2n) is 7.36. The zero-order chi connectivity index (χ0) is 20.8. The molecule has 2 heterocycles. The Morgan fingerprint density at radius 1 is 1.14 bits per heavy atom. The molecule has 4 rings (SSSR count). The minimum absolute atomic E-state index is 0.193. The van der Waals surface area contributed by atoms with Gasteiger partial charge in [0.15, 0.2) is 0 Å². The first-order valence-corrected chi connectivity index (χ1v) is 11.1. The van der Waals surface area contributed by atoms with Crippen LogP contribution in [0.1, 0.15) is 23.2 Å². The molecular formula is C20H20FN3O4S. The average molecular weight is 417 g/mol. The molecule has 2 aliphatic heterocycles. The number of hydrogen-bond donors (Lipinski definition) is 2. The Bertz CT molecular complexity index is 1100. The molecule has 9 heteroatoms. The van der Waals surface area contributed by atoms with Gasteiger partial charge in [-0.1, -0.05) is 24.3 Å². The van der Waals surface area contributed by atoms with Gasteiger partial charge in [0.05, 0.1) is 17.5 Å². The molecule has 2 N–H and O–H groups in total. The second kappa shape index (κ2) is 7.23. The lowest BCUT2D eigenvalue weighted by Crippen LogP contribution is -2.54. The highest BCUT2D eigenvalue weighted by atomic mass is 32.2. The third-order valence-corrected chi connectivity index (χ3v) is 6.00. The lowest BCUT2D eigenvalue weighted by atomic mass is 9.96. The van der Waals surface area contributed by atoms with E-state index in [0.717, 1.165) is 6.26 Å². The molecule has 0 aliphatic carbocycles. The number of piperidine rings is 1. The number of carbonyl (C=O) groups is 2. The Balaban J connectivity index is 1.67. The van der Waals surface area contributed by atoms with Crippen LogP contribution in [0.25, 0.3) is 11.1 Å². The summed E-state index contributed by atoms with van der Waals surface area (Å²) in [7, 11) is -3.42. The number of rotatable bonds is 3. The van der Waals surface area contributed by atoms with Crippen molar-refractivity contribution in [3.8, 4) is 11.1 Å². The molecule has 0 saturated carbocycles. The van der Waals surface area contributed by atoms with E-state index in [2.05, 4.69) is 10.0 Å². The van der Waals surface area contributed by atoms with Gasteiger partial charge >= 0.3 is 0 Å². The van der Waals surface area contributed by atoms with Crippen molar-refractivity contribution >= 4 is 27.5 Å². The predicted molar refractivity (Wildman–Crippen MR) is 106 cm³/mol. The maximum Gasteiger partial charge on any atom is 0.256 e. The fraction of sp³-hybridized carbons (Fsp3) is 0.300. The number of sulfonamides is 1. The fourth-order valence-corrected chi connectivity index (χ4v) is 4.75. The summed E-state index contributed by atoms with van der Waals surface area (Å²) in [6.07, 6.45) is 1.67. The number of anilines is 1. The summed E-state index contributed by atoms with van der Waals surface area (Å²) in [6.45, 7) is 0.244. The van der Waals surface area contributed by atoms with Crippen molar-refractivity contribution in [2.24, 2.45) is 0 Å². The monoisotopic (exact) mass is 417 g/mol. The Hall–Kier alpha value is -2.78. The van der Waals surface area contributed by atoms with Crippen molar-refractivity contribution in [2.45, 2.75) is 24.9 Å². The Morgan fingerprint density at radius 2 is 1.90 bits per heavy atom. The van der Waals surface area contributed by atoms with Crippen molar-refractivity contribution < 1.29 is 22.4 Å². The number of halogens is 1. The van der Waals surface area contributed by atoms with Crippen LogP contribution in [0.4, 0.5) is 10.1 Å². The summed E-state index contributed by atoms with van der Waals surface area (Å²) >= 11 is 0. The van der Waals surface area contributed by atoms with Crippen LogP contribution in [0.5, 0.6) is 0 Å². The summed E-state index contributed by atoms with van der Waals surface area (Å²) in [5.41, 5.74) is 1.56. The summed E-state index contributed by atoms with van der Waals surface area (Å²) in [6, 6.07) is 9.92. The smallest absolute Gasteiger partial charge is 0.256 e. The first-order chi connectivity index (χ1) is 13.7. The molecule has 2 aromatic rings. The summed E-state index contributed by atoms with van der Waals surface area (Å²) in [4.78, 5) is 27.4. The van der Waals surface area contributed by atoms with Crippen LogP contribution >= 0.6 is 0 Å². The second-order valence-corrected chi connectivity index (χ2v) is 9.14. The average Bonchev–Trinajstić information content (AvgIpc) is 2.76. The van der Waals surface area contributed by atoms with Gasteiger partial charge < -0.3 is 10.2 Å². The molecule has 152 valence electrons. The first kappa shape index (κ1) is 19.5. The zero-order valence-corrected chi connectivity index (χ0v) is 16.5. The number of amides is 2. The quantitative estimate of drug-likeness (QED) is 0.798. The molecule has 2 aliphatic rings. The van der Waals surface area contributed by atoms with Crippen molar-refractivity contribution in [1.29, 1.82) is 0 Å². The lowest BCUT2D eigenvalue weighted by Gasteiger charge is -2.37. The molecule has 1 saturated heterocycles. The van der Waals surface area contributed by atoms with Gasteiger partial charge in [0.25, 0.3) is 5.91 Å². The molecule has 2 amide bonds. The largest absolute Gasteiger partial charge is 0.326 e. The number of nitrogens with zero attached hydrogens (tertiary/aromatic N) is 1. The van der Waals surface area contributed by atoms with Gasteiger partial charge in [0, 0.05) is 18.2 Å². The fourth-order valence-electron chi connectivity index (χ4n) is 3.93. The molecule has 2 atom stereocenters. The molecule has 29 heavy (non-hydrogen) atoms. The predicted octanol–water partition coefficient (Wildman–Crippen LogP) is 1.97. The molecule has 1 fully saturated rings. The van der Waals surface area contributed by atoms with E-state index in [1.165, 1.54) is 11.0 Å². The van der Waals surface area contributed by atoms with E-state index in [9.17, 15) is 22.4 Å². The zero-order valence-electron chi connectivity index (χ0n) is 15.7. The molecule has 0 spiro atoms. The van der Waals surface area contributed by atoms with Gasteiger partial charge in [0.1, 0.15) is 11.9 Å². The van der Waals surface area contributed by atoms with E-state index in [1.807, 2.05) is 0 Å². The van der Waals surface area contributed by atoms with E-state index in [0.29, 0.717) is 23.2 Å². The van der Waals surface area contributed by atoms with E-state index in [-0.39, 0.29) is 30.3 Å². The number of fused-ring (bicyclic) bond motifs is 2. The van der Waals surface area contributed by atoms with Crippen LogP contribution in [0, 0.1) is 5.82 Å². The van der Waals surface area contributed by atoms with Gasteiger partial charge in [-0.05, 0) is 36.6 Å². The maximum absolute atomic E-state index is 14.2. The van der Waals surface area contributed by atoms with E-state index >= 15 is 0 Å². The molecule has 0 unspecified atom stereocenters. The van der Waals surface area contributed by atoms with Crippen LogP contribution in [0.2, 0.25) is 0 Å². The van der Waals surface area contributed by atoms with Gasteiger partial charge in [-0.15, -0.1) is 0 Å². The van der Waals surface area contributed by atoms with Crippen LogP contribution in [0.15, 0.2) is 42.5 Å². The first-order valence-electron chi connectivity index (χ1n) is 9.21. The van der Waals surface area contributed by atoms with Gasteiger partial charge in [-0.25, -0.2) is 17.5 Å². The molecular weight excluding hydrogens is 397 g/mol. The summed E-state index contributed by atoms with van der Waals surface area (Å²) in [5.74, 6) is -1.10. The van der Waals surface area contributed by atoms with Gasteiger partial charge in [-0.3, -0.25) is 9.59 Å². The van der Waals surface area contributed by atoms with Gasteiger partial charge in [0.2, 0.25) is 15.9 Å². The highest BCUT2D eigenvalue weighted by molar-refractivity contribution is 7.88. The maximum atomic E-state index is 14.2. The molecule has 0 bridgehead atoms. The minimum Gasteiger partial charge on any atom is -0.326 e. The molecule has 0 radical (unpaired) electrons. The number of nitrogens with one attached hydrogen (secondary N) is 2. The van der Waals surface area contributed by atoms with E-state index < -0.39 is 27.9 Å². The Morgan fingerprint density at radius 3 is 2.62 bits per heavy atom. The topological polar surface area (TPSA) is 95.6 Å². The third-order valence-electron chi connectivity index (χ3n) is 5.24. The highest BCUT2D eigenvalue weighted by Gasteiger charge is 2.40. The molecule has 2 aromatic carbocycles. The standard InChI is InChI=1S/C20H20FN3O4S/c1-29(27,28)23-13-8-9-24-18(11-13)19(25)22-17-7-6-12(10-15(17)20(24)26)14-4-2-3-5-16(14)21/h2-7,10,13,18,23H,8-9,11H2,1H3,(H,22,25)/t13-,18-/m0/s1. The Kier molecular flexibility index (Phi) is 4.87. The van der Waals surface area contributed by atoms with Crippen LogP contribution in [0.3, 0.4) is 0 Å². The van der Waals surface area contributed by atoms with Gasteiger partial charge in [-0.2, -0.15) is 0 Å². The van der Waals surface area contributed by atoms with Crippen LogP contribution in [-0.4, -0.2) is 50.0 Å². The summed E-state index contributed by atoms with van der Waals surface area (Å²) < 4.78 is 39.7. The van der Waals surface area contributed by atoms with E-state index in [4.69, 9.17) is 0 Å². The number of hydrogen-bond acceptors (Lipinski definition) is 4. The normalized spacial score (nSPS) is 21.8. The number of benzene rings is 2. The van der Waals surface area contributed by atoms with Crippen LogP contribution < -0.4 is 10.0 Å². The molecule has 0 aromatic heterocycles. The van der Waals surface area contributed by atoms with Crippen molar-refractivity contribution in [3.05, 3.63) is 53.8 Å².